The van der Waals surface area contributed by atoms with Gasteiger partial charge in [-0.1, -0.05) is 50.3 Å². The third-order valence-corrected chi connectivity index (χ3v) is 5.11. The fourth-order valence-corrected chi connectivity index (χ4v) is 3.53. The van der Waals surface area contributed by atoms with Crippen LogP contribution >= 0.6 is 0 Å². The highest BCUT2D eigenvalue weighted by atomic mass is 16.6. The summed E-state index contributed by atoms with van der Waals surface area (Å²) in [5, 5.41) is 3.15. The van der Waals surface area contributed by atoms with Gasteiger partial charge in [0.2, 0.25) is 0 Å². The Labute approximate surface area is 145 Å². The van der Waals surface area contributed by atoms with Gasteiger partial charge in [0.1, 0.15) is 18.4 Å². The minimum absolute atomic E-state index is 0.0650. The number of likely N-dealkylation sites (N-methyl/N-ethyl adjacent to an activating group) is 1. The molecule has 0 bridgehead atoms. The maximum atomic E-state index is 6.28. The third-order valence-electron chi connectivity index (χ3n) is 5.11. The van der Waals surface area contributed by atoms with Crippen LogP contribution in [0, 0.1) is 11.8 Å². The largest absolute Gasteiger partial charge is 0.374 e. The molecule has 3 rings (SSSR count). The highest BCUT2D eigenvalue weighted by Gasteiger charge is 2.45. The monoisotopic (exact) mass is 331 g/mol. The van der Waals surface area contributed by atoms with Crippen LogP contribution in [0.1, 0.15) is 37.5 Å². The lowest BCUT2D eigenvalue weighted by atomic mass is 9.88. The van der Waals surface area contributed by atoms with Crippen LogP contribution in [-0.2, 0) is 20.8 Å². The molecule has 0 spiro atoms. The molecular weight excluding hydrogens is 302 g/mol. The van der Waals surface area contributed by atoms with Gasteiger partial charge in [-0.25, -0.2) is 0 Å². The van der Waals surface area contributed by atoms with E-state index in [0.29, 0.717) is 18.4 Å². The average Bonchev–Trinajstić information content (AvgIpc) is 3.37. The van der Waals surface area contributed by atoms with Crippen molar-refractivity contribution in [1.82, 2.24) is 5.32 Å². The first-order valence-electron chi connectivity index (χ1n) is 8.87. The highest BCUT2D eigenvalue weighted by molar-refractivity contribution is 5.30. The number of epoxide rings is 1. The Balaban J connectivity index is 1.69. The molecule has 24 heavy (non-hydrogen) atoms. The summed E-state index contributed by atoms with van der Waals surface area (Å²) in [6.07, 6.45) is 6.01. The summed E-state index contributed by atoms with van der Waals surface area (Å²) in [5.41, 5.74) is 2.35. The van der Waals surface area contributed by atoms with Crippen LogP contribution in [0.25, 0.3) is 0 Å². The topological polar surface area (TPSA) is 43.0 Å². The molecule has 6 unspecified atom stereocenters. The van der Waals surface area contributed by atoms with Crippen molar-refractivity contribution in [2.24, 2.45) is 11.8 Å². The minimum atomic E-state index is -0.0650. The number of nitrogens with one attached hydrogen (secondary N) is 1. The van der Waals surface area contributed by atoms with Gasteiger partial charge in [-0.05, 0) is 30.5 Å². The first-order chi connectivity index (χ1) is 11.6. The standard InChI is InChI=1S/C20H29NO3/c1-13-9-10-14(2)17(11-13)23-12-15-7-5-6-8-16(15)18(22-4)19-20(21-3)24-19/h5-10,13-14,17-21H,11-12H2,1-4H3. The normalized spacial score (nSPS) is 33.4. The number of hydrogen-bond acceptors (Lipinski definition) is 4. The molecule has 1 saturated heterocycles. The smallest absolute Gasteiger partial charge is 0.138 e. The van der Waals surface area contributed by atoms with Gasteiger partial charge in [0.05, 0.1) is 12.7 Å². The number of rotatable bonds is 7. The van der Waals surface area contributed by atoms with E-state index in [-0.39, 0.29) is 24.5 Å². The number of allylic oxidation sites excluding steroid dienone is 1. The van der Waals surface area contributed by atoms with Crippen molar-refractivity contribution >= 4 is 0 Å². The van der Waals surface area contributed by atoms with Crippen LogP contribution < -0.4 is 5.32 Å². The average molecular weight is 331 g/mol. The molecule has 1 N–H and O–H groups in total. The Kier molecular flexibility index (Phi) is 5.72. The zero-order valence-electron chi connectivity index (χ0n) is 15.1. The van der Waals surface area contributed by atoms with Crippen molar-refractivity contribution in [1.29, 1.82) is 0 Å². The van der Waals surface area contributed by atoms with Crippen LogP contribution in [0.3, 0.4) is 0 Å². The van der Waals surface area contributed by atoms with Crippen molar-refractivity contribution in [3.05, 3.63) is 47.5 Å². The van der Waals surface area contributed by atoms with E-state index in [4.69, 9.17) is 14.2 Å². The third kappa shape index (κ3) is 3.89. The molecule has 1 aromatic rings. The second kappa shape index (κ2) is 7.79. The molecule has 1 heterocycles. The molecule has 1 aromatic carbocycles. The van der Waals surface area contributed by atoms with Gasteiger partial charge in [-0.15, -0.1) is 0 Å². The Morgan fingerprint density at radius 2 is 2.04 bits per heavy atom. The summed E-state index contributed by atoms with van der Waals surface area (Å²) < 4.78 is 17.7. The van der Waals surface area contributed by atoms with Crippen molar-refractivity contribution in [2.45, 2.75) is 51.4 Å². The first-order valence-corrected chi connectivity index (χ1v) is 8.87. The van der Waals surface area contributed by atoms with Crippen LogP contribution in [0.5, 0.6) is 0 Å². The van der Waals surface area contributed by atoms with Crippen molar-refractivity contribution in [3.8, 4) is 0 Å². The molecule has 1 fully saturated rings. The molecule has 2 aliphatic rings. The maximum Gasteiger partial charge on any atom is 0.138 e. The SMILES string of the molecule is CNC1OC1C(OC)c1ccccc1COC1CC(C)C=CC1C. The van der Waals surface area contributed by atoms with Gasteiger partial charge >= 0.3 is 0 Å². The highest BCUT2D eigenvalue weighted by Crippen LogP contribution is 2.37. The first kappa shape index (κ1) is 17.6. The molecular formula is C20H29NO3. The lowest BCUT2D eigenvalue weighted by Crippen LogP contribution is -2.26. The fraction of sp³-hybridized carbons (Fsp3) is 0.600. The zero-order chi connectivity index (χ0) is 17.1. The number of ether oxygens (including phenoxy) is 3. The second-order valence-corrected chi connectivity index (χ2v) is 6.97. The zero-order valence-corrected chi connectivity index (χ0v) is 15.1. The minimum Gasteiger partial charge on any atom is -0.374 e. The van der Waals surface area contributed by atoms with E-state index in [9.17, 15) is 0 Å². The van der Waals surface area contributed by atoms with E-state index in [2.05, 4.69) is 55.6 Å². The molecule has 6 atom stereocenters. The molecule has 0 aromatic heterocycles. The van der Waals surface area contributed by atoms with E-state index < -0.39 is 0 Å². The predicted molar refractivity (Wildman–Crippen MR) is 94.6 cm³/mol. The Bertz CT molecular complexity index is 574. The number of methoxy groups -OCH3 is 1. The van der Waals surface area contributed by atoms with Gasteiger partial charge in [0.15, 0.2) is 0 Å². The van der Waals surface area contributed by atoms with Gasteiger partial charge in [-0.2, -0.15) is 0 Å². The Morgan fingerprint density at radius 3 is 2.75 bits per heavy atom. The quantitative estimate of drug-likeness (QED) is 0.614. The summed E-state index contributed by atoms with van der Waals surface area (Å²) in [7, 11) is 3.65. The number of benzene rings is 1. The molecule has 1 aliphatic carbocycles. The van der Waals surface area contributed by atoms with E-state index in [1.54, 1.807) is 7.11 Å². The van der Waals surface area contributed by atoms with E-state index in [0.717, 1.165) is 12.0 Å². The van der Waals surface area contributed by atoms with Crippen molar-refractivity contribution < 1.29 is 14.2 Å². The van der Waals surface area contributed by atoms with Crippen LogP contribution in [0.4, 0.5) is 0 Å². The number of hydrogen-bond donors (Lipinski definition) is 1. The van der Waals surface area contributed by atoms with Gasteiger partial charge in [0, 0.05) is 13.0 Å². The van der Waals surface area contributed by atoms with Crippen LogP contribution in [-0.4, -0.2) is 32.6 Å². The lowest BCUT2D eigenvalue weighted by molar-refractivity contribution is 0.000597. The molecule has 0 amide bonds. The van der Waals surface area contributed by atoms with Crippen molar-refractivity contribution in [3.63, 3.8) is 0 Å². The van der Waals surface area contributed by atoms with Crippen LogP contribution in [0.2, 0.25) is 0 Å². The summed E-state index contributed by atoms with van der Waals surface area (Å²) in [5.74, 6) is 1.05. The lowest BCUT2D eigenvalue weighted by Gasteiger charge is -2.29. The van der Waals surface area contributed by atoms with E-state index in [1.807, 2.05) is 7.05 Å². The van der Waals surface area contributed by atoms with Gasteiger partial charge < -0.3 is 14.2 Å². The van der Waals surface area contributed by atoms with Crippen LogP contribution in [0.15, 0.2) is 36.4 Å². The molecule has 132 valence electrons. The molecule has 4 heteroatoms. The summed E-state index contributed by atoms with van der Waals surface area (Å²) in [4.78, 5) is 0. The Hall–Kier alpha value is -1.20. The summed E-state index contributed by atoms with van der Waals surface area (Å²) >= 11 is 0. The fourth-order valence-electron chi connectivity index (χ4n) is 3.53. The Morgan fingerprint density at radius 1 is 1.25 bits per heavy atom. The molecule has 4 nitrogen and oxygen atoms in total. The van der Waals surface area contributed by atoms with E-state index in [1.165, 1.54) is 5.56 Å². The molecule has 0 saturated carbocycles. The maximum absolute atomic E-state index is 6.28. The predicted octanol–water partition coefficient (Wildman–Crippen LogP) is 3.44. The van der Waals surface area contributed by atoms with Crippen molar-refractivity contribution in [2.75, 3.05) is 14.2 Å². The summed E-state index contributed by atoms with van der Waals surface area (Å²) in [6, 6.07) is 8.36. The van der Waals surface area contributed by atoms with Gasteiger partial charge in [0.25, 0.3) is 0 Å². The molecule has 0 radical (unpaired) electrons. The van der Waals surface area contributed by atoms with E-state index >= 15 is 0 Å². The second-order valence-electron chi connectivity index (χ2n) is 6.97. The summed E-state index contributed by atoms with van der Waals surface area (Å²) in [6.45, 7) is 5.09. The van der Waals surface area contributed by atoms with Gasteiger partial charge in [-0.3, -0.25) is 5.32 Å². The molecule has 1 aliphatic heterocycles.